The standard InChI is InChI=1S/C60H36/c1-2-14-38-26-50-49(25-37(38)13-1)51-27-39-15-3-4-17-41(39)29-53(51)55-31-43-19-7-8-21-45(43)33-57(55)59-35-47-23-11-12-24-48(47)36-60(59)58-34-46-22-10-9-20-44(46)32-56(58)54-30-42-18-6-5-16-40(42)28-52(50)54/h1-36H. The van der Waals surface area contributed by atoms with Crippen molar-refractivity contribution in [3.63, 3.8) is 0 Å². The molecule has 0 saturated carbocycles. The molecule has 0 N–H and O–H groups in total. The van der Waals surface area contributed by atoms with E-state index in [4.69, 9.17) is 0 Å². The van der Waals surface area contributed by atoms with E-state index in [2.05, 4.69) is 218 Å². The van der Waals surface area contributed by atoms with E-state index in [0.717, 1.165) is 0 Å². The van der Waals surface area contributed by atoms with E-state index < -0.39 is 0 Å². The molecule has 0 unspecified atom stereocenters. The molecule has 1 aliphatic rings. The highest BCUT2D eigenvalue weighted by atomic mass is 14.3. The SMILES string of the molecule is c1ccc2cc3c(cc2c1)-c1cc2ccccc2cc1-c1cc2ccccc2cc1-c1cc2ccccc2cc1-c1cc2ccccc2cc1-c1cc2ccccc2cc1-3. The lowest BCUT2D eigenvalue weighted by Gasteiger charge is -2.25. The summed E-state index contributed by atoms with van der Waals surface area (Å²) in [5, 5.41) is 14.7. The monoisotopic (exact) mass is 756 g/mol. The Balaban J connectivity index is 1.31. The summed E-state index contributed by atoms with van der Waals surface area (Å²) in [5.74, 6) is 0. The zero-order chi connectivity index (χ0) is 39.3. The Bertz CT molecular complexity index is 2840. The van der Waals surface area contributed by atoms with Gasteiger partial charge in [-0.2, -0.15) is 0 Å². The van der Waals surface area contributed by atoms with Gasteiger partial charge in [-0.05, 0) is 204 Å². The van der Waals surface area contributed by atoms with Crippen LogP contribution < -0.4 is 0 Å². The highest BCUT2D eigenvalue weighted by molar-refractivity contribution is 6.14. The van der Waals surface area contributed by atoms with E-state index in [0.29, 0.717) is 0 Å². The molecule has 0 heteroatoms. The lowest BCUT2D eigenvalue weighted by Crippen LogP contribution is -1.98. The van der Waals surface area contributed by atoms with Crippen LogP contribution >= 0.6 is 0 Å². The van der Waals surface area contributed by atoms with Crippen molar-refractivity contribution in [3.05, 3.63) is 218 Å². The van der Waals surface area contributed by atoms with Crippen LogP contribution in [0.2, 0.25) is 0 Å². The average molecular weight is 757 g/mol. The molecular formula is C60H36. The second kappa shape index (κ2) is 12.9. The molecule has 0 heterocycles. The summed E-state index contributed by atoms with van der Waals surface area (Å²) in [4.78, 5) is 0. The van der Waals surface area contributed by atoms with E-state index in [1.165, 1.54) is 131 Å². The second-order valence-corrected chi connectivity index (χ2v) is 16.5. The first-order chi connectivity index (χ1) is 29.7. The van der Waals surface area contributed by atoms with E-state index in [1.54, 1.807) is 0 Å². The normalized spacial score (nSPS) is 12.0. The largest absolute Gasteiger partial charge is 0.0616 e. The molecule has 0 fully saturated rings. The van der Waals surface area contributed by atoms with Gasteiger partial charge in [0.15, 0.2) is 0 Å². The minimum absolute atomic E-state index is 1.23. The molecule has 60 heavy (non-hydrogen) atoms. The highest BCUT2D eigenvalue weighted by Gasteiger charge is 2.25. The van der Waals surface area contributed by atoms with E-state index in [1.807, 2.05) is 0 Å². The molecule has 0 nitrogen and oxygen atoms in total. The van der Waals surface area contributed by atoms with Crippen LogP contribution in [-0.4, -0.2) is 0 Å². The van der Waals surface area contributed by atoms with Crippen LogP contribution in [0.5, 0.6) is 0 Å². The van der Waals surface area contributed by atoms with Gasteiger partial charge < -0.3 is 0 Å². The van der Waals surface area contributed by atoms with Crippen LogP contribution in [0.25, 0.3) is 131 Å². The molecule has 0 atom stereocenters. The minimum Gasteiger partial charge on any atom is -0.0616 e. The number of hydrogen-bond donors (Lipinski definition) is 0. The molecule has 0 spiro atoms. The Morgan fingerprint density at radius 3 is 0.283 bits per heavy atom. The summed E-state index contributed by atoms with van der Waals surface area (Å²) in [6.07, 6.45) is 0. The molecule has 0 bridgehead atoms. The number of fused-ring (bicyclic) bond motifs is 18. The molecular weight excluding hydrogens is 721 g/mol. The van der Waals surface area contributed by atoms with Crippen molar-refractivity contribution in [2.45, 2.75) is 0 Å². The summed E-state index contributed by atoms with van der Waals surface area (Å²) in [6.45, 7) is 0. The van der Waals surface area contributed by atoms with Gasteiger partial charge in [-0.3, -0.25) is 0 Å². The maximum atomic E-state index is 2.45. The molecule has 0 amide bonds. The summed E-state index contributed by atoms with van der Waals surface area (Å²) in [7, 11) is 0. The van der Waals surface area contributed by atoms with Gasteiger partial charge in [0.2, 0.25) is 0 Å². The first-order valence-electron chi connectivity index (χ1n) is 20.9. The third-order valence-corrected chi connectivity index (χ3v) is 13.1. The summed E-state index contributed by atoms with van der Waals surface area (Å²) in [5.41, 5.74) is 14.7. The smallest absolute Gasteiger partial charge is 0.00923 e. The molecule has 1 aliphatic carbocycles. The lowest BCUT2D eigenvalue weighted by atomic mass is 9.78. The quantitative estimate of drug-likeness (QED) is 0.145. The number of rotatable bonds is 0. The van der Waals surface area contributed by atoms with Gasteiger partial charge >= 0.3 is 0 Å². The Kier molecular flexibility index (Phi) is 7.11. The van der Waals surface area contributed by atoms with Crippen molar-refractivity contribution >= 4 is 64.6 Å². The number of benzene rings is 12. The van der Waals surface area contributed by atoms with E-state index >= 15 is 0 Å². The zero-order valence-corrected chi connectivity index (χ0v) is 32.8. The summed E-state index contributed by atoms with van der Waals surface area (Å²) in [6, 6.07) is 82.5. The first kappa shape index (κ1) is 33.2. The van der Waals surface area contributed by atoms with Crippen LogP contribution in [0.15, 0.2) is 218 Å². The molecule has 0 aromatic heterocycles. The third-order valence-electron chi connectivity index (χ3n) is 13.1. The van der Waals surface area contributed by atoms with Crippen molar-refractivity contribution < 1.29 is 0 Å². The Morgan fingerprint density at radius 2 is 0.200 bits per heavy atom. The van der Waals surface area contributed by atoms with Crippen molar-refractivity contribution in [1.29, 1.82) is 0 Å². The van der Waals surface area contributed by atoms with E-state index in [9.17, 15) is 0 Å². The molecule has 276 valence electrons. The summed E-state index contributed by atoms with van der Waals surface area (Å²) >= 11 is 0. The van der Waals surface area contributed by atoms with Crippen LogP contribution in [0.1, 0.15) is 0 Å². The topological polar surface area (TPSA) is 0 Å². The fourth-order valence-corrected chi connectivity index (χ4v) is 10.1. The number of hydrogen-bond acceptors (Lipinski definition) is 0. The van der Waals surface area contributed by atoms with E-state index in [-0.39, 0.29) is 0 Å². The third kappa shape index (κ3) is 5.11. The fraction of sp³-hybridized carbons (Fsp3) is 0. The predicted molar refractivity (Wildman–Crippen MR) is 258 cm³/mol. The van der Waals surface area contributed by atoms with Gasteiger partial charge in [0.25, 0.3) is 0 Å². The molecule has 0 saturated heterocycles. The maximum absolute atomic E-state index is 2.45. The van der Waals surface area contributed by atoms with Crippen LogP contribution in [-0.2, 0) is 0 Å². The van der Waals surface area contributed by atoms with Gasteiger partial charge in [0.1, 0.15) is 0 Å². The molecule has 13 rings (SSSR count). The highest BCUT2D eigenvalue weighted by Crippen LogP contribution is 2.52. The first-order valence-corrected chi connectivity index (χ1v) is 20.9. The van der Waals surface area contributed by atoms with Crippen molar-refractivity contribution in [1.82, 2.24) is 0 Å². The predicted octanol–water partition coefficient (Wildman–Crippen LogP) is 16.9. The van der Waals surface area contributed by atoms with Crippen molar-refractivity contribution in [2.24, 2.45) is 0 Å². The van der Waals surface area contributed by atoms with Gasteiger partial charge in [0, 0.05) is 0 Å². The Labute approximate surface area is 348 Å². The van der Waals surface area contributed by atoms with Gasteiger partial charge in [-0.1, -0.05) is 146 Å². The lowest BCUT2D eigenvalue weighted by molar-refractivity contribution is 1.57. The molecule has 0 radical (unpaired) electrons. The molecule has 0 aliphatic heterocycles. The Hall–Kier alpha value is -7.80. The van der Waals surface area contributed by atoms with Crippen LogP contribution in [0, 0.1) is 0 Å². The van der Waals surface area contributed by atoms with Gasteiger partial charge in [-0.25, -0.2) is 0 Å². The van der Waals surface area contributed by atoms with Gasteiger partial charge in [0.05, 0.1) is 0 Å². The second-order valence-electron chi connectivity index (χ2n) is 16.5. The summed E-state index contributed by atoms with van der Waals surface area (Å²) < 4.78 is 0. The maximum Gasteiger partial charge on any atom is -0.00923 e. The van der Waals surface area contributed by atoms with Gasteiger partial charge in [-0.15, -0.1) is 0 Å². The van der Waals surface area contributed by atoms with Crippen molar-refractivity contribution in [2.75, 3.05) is 0 Å². The average Bonchev–Trinajstić information content (AvgIpc) is 3.31. The minimum atomic E-state index is 1.23. The van der Waals surface area contributed by atoms with Crippen LogP contribution in [0.4, 0.5) is 0 Å². The van der Waals surface area contributed by atoms with Crippen molar-refractivity contribution in [3.8, 4) is 66.8 Å². The Morgan fingerprint density at radius 1 is 0.117 bits per heavy atom. The van der Waals surface area contributed by atoms with Crippen LogP contribution in [0.3, 0.4) is 0 Å². The molecule has 12 aromatic rings. The fourth-order valence-electron chi connectivity index (χ4n) is 10.1. The zero-order valence-electron chi connectivity index (χ0n) is 32.8. The molecule has 12 aromatic carbocycles.